The second-order valence-corrected chi connectivity index (χ2v) is 8.17. The van der Waals surface area contributed by atoms with Crippen molar-refractivity contribution in [1.82, 2.24) is 15.1 Å². The van der Waals surface area contributed by atoms with Gasteiger partial charge in [-0.1, -0.05) is 13.0 Å². The first-order valence-corrected chi connectivity index (χ1v) is 10.6. The number of hydrogen-bond donors (Lipinski definition) is 3. The fourth-order valence-electron chi connectivity index (χ4n) is 3.96. The summed E-state index contributed by atoms with van der Waals surface area (Å²) < 4.78 is 38.6. The lowest BCUT2D eigenvalue weighted by atomic mass is 9.92. The Morgan fingerprint density at radius 2 is 2.06 bits per heavy atom. The molecule has 1 saturated heterocycles. The molecule has 3 rings (SSSR count). The average molecular weight is 457 g/mol. The quantitative estimate of drug-likeness (QED) is 0.564. The first-order valence-electron chi connectivity index (χ1n) is 10.6. The lowest BCUT2D eigenvalue weighted by molar-refractivity contribution is -0.160. The van der Waals surface area contributed by atoms with Crippen LogP contribution in [0.1, 0.15) is 37.4 Å². The Kier molecular flexibility index (Phi) is 9.21. The third-order valence-corrected chi connectivity index (χ3v) is 5.51. The molecule has 0 bridgehead atoms. The molecule has 1 fully saturated rings. The van der Waals surface area contributed by atoms with Crippen LogP contribution in [0.3, 0.4) is 0 Å². The van der Waals surface area contributed by atoms with Gasteiger partial charge in [-0.3, -0.25) is 0 Å². The highest BCUT2D eigenvalue weighted by Crippen LogP contribution is 2.37. The van der Waals surface area contributed by atoms with E-state index in [0.717, 1.165) is 51.9 Å². The van der Waals surface area contributed by atoms with E-state index >= 15 is 0 Å². The van der Waals surface area contributed by atoms with E-state index in [9.17, 15) is 23.1 Å². The molecule has 0 saturated carbocycles. The van der Waals surface area contributed by atoms with Crippen LogP contribution >= 0.6 is 0 Å². The number of aliphatic hydroxyl groups is 2. The van der Waals surface area contributed by atoms with Crippen molar-refractivity contribution in [2.75, 3.05) is 32.1 Å². The van der Waals surface area contributed by atoms with E-state index in [1.54, 1.807) is 13.0 Å². The number of anilines is 1. The Balaban J connectivity index is 0.00000176. The minimum atomic E-state index is -4.39. The van der Waals surface area contributed by atoms with Crippen molar-refractivity contribution in [3.8, 4) is 0 Å². The maximum Gasteiger partial charge on any atom is 0.395 e. The summed E-state index contributed by atoms with van der Waals surface area (Å²) >= 11 is 0. The van der Waals surface area contributed by atoms with Crippen molar-refractivity contribution in [3.05, 3.63) is 35.2 Å². The van der Waals surface area contributed by atoms with Gasteiger partial charge in [0, 0.05) is 37.7 Å². The third-order valence-electron chi connectivity index (χ3n) is 5.51. The maximum atomic E-state index is 12.9. The normalized spacial score (nSPS) is 22.7. The monoisotopic (exact) mass is 456 g/mol. The molecule has 32 heavy (non-hydrogen) atoms. The van der Waals surface area contributed by atoms with E-state index in [-0.39, 0.29) is 24.0 Å². The molecule has 0 amide bonds. The first kappa shape index (κ1) is 25.8. The maximum absolute atomic E-state index is 12.9. The Morgan fingerprint density at radius 3 is 2.66 bits per heavy atom. The molecule has 2 aliphatic rings. The number of aliphatic hydroxyl groups excluding tert-OH is 2. The molecule has 10 heteroatoms. The molecule has 0 aromatic carbocycles. The number of carbonyl (C=O) groups excluding carboxylic acids is 1. The highest BCUT2D eigenvalue weighted by atomic mass is 19.4. The summed E-state index contributed by atoms with van der Waals surface area (Å²) in [5, 5.41) is 28.8. The number of hydrogen-bond acceptors (Lipinski definition) is 7. The molecule has 1 aliphatic carbocycles. The Hall–Kier alpha value is -2.46. The molecule has 0 radical (unpaired) electrons. The number of likely N-dealkylation sites (tertiary alicyclic amines) is 1. The number of carbonyl (C=O) groups is 1. The molecule has 178 valence electrons. The van der Waals surface area contributed by atoms with Crippen LogP contribution in [0.2, 0.25) is 0 Å². The minimum Gasteiger partial charge on any atom is -0.508 e. The number of aldehydes is 1. The molecular formula is C22H31F3N4O3. The number of halogens is 3. The third kappa shape index (κ3) is 6.77. The summed E-state index contributed by atoms with van der Waals surface area (Å²) in [4.78, 5) is 13.2. The summed E-state index contributed by atoms with van der Waals surface area (Å²) in [6.07, 6.45) is 0.528. The zero-order valence-corrected chi connectivity index (χ0v) is 18.6. The molecule has 1 aromatic rings. The van der Waals surface area contributed by atoms with Crippen LogP contribution in [0.5, 0.6) is 0 Å². The number of nitrogens with zero attached hydrogens (tertiary/aromatic N) is 3. The van der Waals surface area contributed by atoms with Gasteiger partial charge in [0.15, 0.2) is 0 Å². The van der Waals surface area contributed by atoms with Crippen LogP contribution in [0.4, 0.5) is 19.0 Å². The van der Waals surface area contributed by atoms with E-state index < -0.39 is 17.9 Å². The number of aryl methyl sites for hydroxylation is 1. The summed E-state index contributed by atoms with van der Waals surface area (Å²) in [7, 11) is 1.00. The molecule has 1 aliphatic heterocycles. The SMILES string of the molecule is CO.Cc1cc(NC2CCCN(CC(C)C=O)C2)nnc1C1=CCC(C(F)(F)F)C=C1O. The van der Waals surface area contributed by atoms with Crippen molar-refractivity contribution >= 4 is 17.7 Å². The largest absolute Gasteiger partial charge is 0.508 e. The highest BCUT2D eigenvalue weighted by molar-refractivity contribution is 5.77. The van der Waals surface area contributed by atoms with Crippen molar-refractivity contribution < 1.29 is 28.2 Å². The van der Waals surface area contributed by atoms with Crippen LogP contribution in [-0.4, -0.2) is 70.6 Å². The van der Waals surface area contributed by atoms with Gasteiger partial charge in [0.1, 0.15) is 17.9 Å². The van der Waals surface area contributed by atoms with E-state index in [0.29, 0.717) is 17.1 Å². The zero-order chi connectivity index (χ0) is 23.9. The summed E-state index contributed by atoms with van der Waals surface area (Å²) in [5.41, 5.74) is 1.37. The second-order valence-electron chi connectivity index (χ2n) is 8.17. The van der Waals surface area contributed by atoms with Gasteiger partial charge >= 0.3 is 6.18 Å². The average Bonchev–Trinajstić information content (AvgIpc) is 2.75. The molecule has 3 N–H and O–H groups in total. The Labute approximate surface area is 186 Å². The molecule has 2 heterocycles. The van der Waals surface area contributed by atoms with Gasteiger partial charge in [0.2, 0.25) is 0 Å². The number of piperidine rings is 1. The van der Waals surface area contributed by atoms with E-state index in [1.807, 2.05) is 6.92 Å². The standard InChI is InChI=1S/C21H27F3N4O2.CH4O/c1-13(12-29)10-28-7-3-4-16(11-28)25-19-8-14(2)20(27-26-19)17-6-5-15(9-18(17)30)21(22,23)24;1-2/h6,8-9,12-13,15-16,30H,3-5,7,10-11H2,1-2H3,(H,25,26);2H,1H3. The van der Waals surface area contributed by atoms with E-state index in [1.165, 1.54) is 6.08 Å². The lowest BCUT2D eigenvalue weighted by Crippen LogP contribution is -2.44. The van der Waals surface area contributed by atoms with Crippen LogP contribution < -0.4 is 5.32 Å². The predicted molar refractivity (Wildman–Crippen MR) is 116 cm³/mol. The van der Waals surface area contributed by atoms with Crippen LogP contribution in [-0.2, 0) is 4.79 Å². The second kappa shape index (κ2) is 11.4. The molecule has 1 aromatic heterocycles. The van der Waals surface area contributed by atoms with Gasteiger partial charge in [-0.2, -0.15) is 13.2 Å². The van der Waals surface area contributed by atoms with Crippen molar-refractivity contribution in [2.24, 2.45) is 11.8 Å². The van der Waals surface area contributed by atoms with Crippen LogP contribution in [0, 0.1) is 18.8 Å². The van der Waals surface area contributed by atoms with Crippen molar-refractivity contribution in [2.45, 2.75) is 45.3 Å². The molecule has 3 unspecified atom stereocenters. The summed E-state index contributed by atoms with van der Waals surface area (Å²) in [6.45, 7) is 6.17. The smallest absolute Gasteiger partial charge is 0.395 e. The van der Waals surface area contributed by atoms with Crippen molar-refractivity contribution in [3.63, 3.8) is 0 Å². The van der Waals surface area contributed by atoms with Crippen molar-refractivity contribution in [1.29, 1.82) is 0 Å². The summed E-state index contributed by atoms with van der Waals surface area (Å²) in [6, 6.07) is 1.96. The number of rotatable bonds is 6. The first-order chi connectivity index (χ1) is 15.2. The fraction of sp³-hybridized carbons (Fsp3) is 0.591. The number of nitrogens with one attached hydrogen (secondary N) is 1. The lowest BCUT2D eigenvalue weighted by Gasteiger charge is -2.34. The van der Waals surface area contributed by atoms with Gasteiger partial charge in [-0.25, -0.2) is 0 Å². The Morgan fingerprint density at radius 1 is 1.34 bits per heavy atom. The minimum absolute atomic E-state index is 0.00786. The Bertz CT molecular complexity index is 842. The van der Waals surface area contributed by atoms with Gasteiger partial charge in [-0.05, 0) is 50.4 Å². The zero-order valence-electron chi connectivity index (χ0n) is 18.6. The fourth-order valence-corrected chi connectivity index (χ4v) is 3.96. The molecule has 7 nitrogen and oxygen atoms in total. The van der Waals surface area contributed by atoms with Crippen LogP contribution in [0.25, 0.3) is 5.57 Å². The van der Waals surface area contributed by atoms with E-state index in [2.05, 4.69) is 20.4 Å². The number of alkyl halides is 3. The summed E-state index contributed by atoms with van der Waals surface area (Å²) in [5.74, 6) is -1.54. The highest BCUT2D eigenvalue weighted by Gasteiger charge is 2.39. The molecule has 3 atom stereocenters. The van der Waals surface area contributed by atoms with E-state index in [4.69, 9.17) is 5.11 Å². The van der Waals surface area contributed by atoms with Gasteiger partial charge in [-0.15, -0.1) is 10.2 Å². The van der Waals surface area contributed by atoms with Crippen LogP contribution in [0.15, 0.2) is 24.0 Å². The van der Waals surface area contributed by atoms with Gasteiger partial charge in [0.25, 0.3) is 0 Å². The molecular weight excluding hydrogens is 425 g/mol. The van der Waals surface area contributed by atoms with Gasteiger partial charge < -0.3 is 25.2 Å². The number of aromatic nitrogens is 2. The molecule has 0 spiro atoms. The topological polar surface area (TPSA) is 98.6 Å². The predicted octanol–water partition coefficient (Wildman–Crippen LogP) is 3.51. The number of allylic oxidation sites excluding steroid dienone is 3. The van der Waals surface area contributed by atoms with Gasteiger partial charge in [0.05, 0.1) is 11.6 Å².